The molecule has 0 spiro atoms. The van der Waals surface area contributed by atoms with Crippen molar-refractivity contribution in [2.24, 2.45) is 0 Å². The Kier molecular flexibility index (Phi) is 5.44. The summed E-state index contributed by atoms with van der Waals surface area (Å²) in [6, 6.07) is 4.93. The Morgan fingerprint density at radius 3 is 2.61 bits per heavy atom. The summed E-state index contributed by atoms with van der Waals surface area (Å²) in [5, 5.41) is 2.64. The zero-order valence-electron chi connectivity index (χ0n) is 14.0. The number of imide groups is 1. The average molecular weight is 321 g/mol. The van der Waals surface area contributed by atoms with Gasteiger partial charge in [-0.3, -0.25) is 14.6 Å². The van der Waals surface area contributed by atoms with E-state index in [1.165, 1.54) is 4.90 Å². The Hall–Kier alpha value is -2.28. The van der Waals surface area contributed by atoms with Crippen molar-refractivity contribution in [3.63, 3.8) is 0 Å². The van der Waals surface area contributed by atoms with E-state index in [9.17, 15) is 9.59 Å². The third kappa shape index (κ3) is 3.73. The Morgan fingerprint density at radius 2 is 2.04 bits per heavy atom. The third-order valence-corrected chi connectivity index (χ3v) is 4.02. The van der Waals surface area contributed by atoms with Gasteiger partial charge in [0.25, 0.3) is 0 Å². The summed E-state index contributed by atoms with van der Waals surface area (Å²) in [6.07, 6.45) is 0. The molecule has 3 amide bonds. The van der Waals surface area contributed by atoms with Gasteiger partial charge in [0.05, 0.1) is 20.3 Å². The van der Waals surface area contributed by atoms with Gasteiger partial charge in [-0.1, -0.05) is 6.07 Å². The van der Waals surface area contributed by atoms with Crippen LogP contribution in [0, 0.1) is 0 Å². The van der Waals surface area contributed by atoms with Crippen molar-refractivity contribution in [2.75, 3.05) is 34.4 Å². The highest BCUT2D eigenvalue weighted by Crippen LogP contribution is 2.28. The zero-order valence-corrected chi connectivity index (χ0v) is 14.0. The smallest absolute Gasteiger partial charge is 0.324 e. The lowest BCUT2D eigenvalue weighted by Crippen LogP contribution is -2.46. The van der Waals surface area contributed by atoms with Crippen molar-refractivity contribution in [2.45, 2.75) is 19.5 Å². The van der Waals surface area contributed by atoms with E-state index in [0.717, 1.165) is 5.56 Å². The van der Waals surface area contributed by atoms with Crippen LogP contribution >= 0.6 is 0 Å². The van der Waals surface area contributed by atoms with Gasteiger partial charge in [0, 0.05) is 19.6 Å². The molecule has 1 N–H and O–H groups in total. The second-order valence-electron chi connectivity index (χ2n) is 5.50. The molecule has 1 saturated heterocycles. The number of rotatable bonds is 6. The first kappa shape index (κ1) is 17.1. The van der Waals surface area contributed by atoms with E-state index in [-0.39, 0.29) is 11.9 Å². The molecule has 126 valence electrons. The summed E-state index contributed by atoms with van der Waals surface area (Å²) in [5.74, 6) is 1.12. The maximum Gasteiger partial charge on any atom is 0.324 e. The lowest BCUT2D eigenvalue weighted by molar-refractivity contribution is -0.132. The van der Waals surface area contributed by atoms with E-state index < -0.39 is 6.04 Å². The highest BCUT2D eigenvalue weighted by Gasteiger charge is 2.31. The number of nitrogens with zero attached hydrogens (tertiary/aromatic N) is 2. The topological polar surface area (TPSA) is 71.1 Å². The van der Waals surface area contributed by atoms with E-state index in [2.05, 4.69) is 5.32 Å². The van der Waals surface area contributed by atoms with Gasteiger partial charge >= 0.3 is 6.03 Å². The van der Waals surface area contributed by atoms with Gasteiger partial charge in [-0.15, -0.1) is 0 Å². The fourth-order valence-corrected chi connectivity index (χ4v) is 2.50. The van der Waals surface area contributed by atoms with Crippen LogP contribution in [-0.2, 0) is 11.3 Å². The molecule has 2 rings (SSSR count). The molecule has 0 unspecified atom stereocenters. The lowest BCUT2D eigenvalue weighted by atomic mass is 10.1. The average Bonchev–Trinajstić information content (AvgIpc) is 2.99. The highest BCUT2D eigenvalue weighted by molar-refractivity contribution is 5.98. The van der Waals surface area contributed by atoms with Crippen molar-refractivity contribution >= 4 is 11.9 Å². The molecular formula is C16H23N3O4. The predicted molar refractivity (Wildman–Crippen MR) is 85.6 cm³/mol. The van der Waals surface area contributed by atoms with Crippen LogP contribution in [0.3, 0.4) is 0 Å². The first-order chi connectivity index (χ1) is 11.0. The molecule has 1 heterocycles. The van der Waals surface area contributed by atoms with Crippen LogP contribution in [0.2, 0.25) is 0 Å². The number of methoxy groups -OCH3 is 2. The quantitative estimate of drug-likeness (QED) is 0.849. The zero-order chi connectivity index (χ0) is 17.0. The van der Waals surface area contributed by atoms with E-state index in [4.69, 9.17) is 9.47 Å². The molecule has 0 aliphatic carbocycles. The molecule has 1 aromatic carbocycles. The summed E-state index contributed by atoms with van der Waals surface area (Å²) >= 11 is 0. The minimum absolute atomic E-state index is 0.192. The van der Waals surface area contributed by atoms with Crippen LogP contribution in [-0.4, -0.2) is 62.1 Å². The molecule has 1 aliphatic heterocycles. The number of hydrogen-bond donors (Lipinski definition) is 1. The minimum atomic E-state index is -0.396. The molecular weight excluding hydrogens is 298 g/mol. The van der Waals surface area contributed by atoms with E-state index >= 15 is 0 Å². The number of carbonyl (C=O) groups excluding carboxylic acids is 2. The largest absolute Gasteiger partial charge is 0.493 e. The van der Waals surface area contributed by atoms with Crippen molar-refractivity contribution < 1.29 is 19.1 Å². The van der Waals surface area contributed by atoms with Gasteiger partial charge in [-0.2, -0.15) is 0 Å². The van der Waals surface area contributed by atoms with Gasteiger partial charge in [0.2, 0.25) is 5.91 Å². The van der Waals surface area contributed by atoms with Crippen LogP contribution in [0.15, 0.2) is 18.2 Å². The second kappa shape index (κ2) is 7.32. The molecule has 23 heavy (non-hydrogen) atoms. The Labute approximate surface area is 136 Å². The summed E-state index contributed by atoms with van der Waals surface area (Å²) in [5.41, 5.74) is 0.996. The van der Waals surface area contributed by atoms with Crippen LogP contribution < -0.4 is 14.8 Å². The number of likely N-dealkylation sites (N-methyl/N-ethyl adjacent to an activating group) is 1. The number of ether oxygens (including phenoxy) is 2. The Balaban J connectivity index is 2.04. The summed E-state index contributed by atoms with van der Waals surface area (Å²) < 4.78 is 10.5. The van der Waals surface area contributed by atoms with Crippen LogP contribution in [0.4, 0.5) is 4.79 Å². The molecule has 1 atom stereocenters. The standard InChI is InChI=1S/C16H23N3O4/c1-11(15(20)19-8-7-17-16(19)21)18(2)10-12-5-6-13(22-3)14(9-12)23-4/h5-6,9,11H,7-8,10H2,1-4H3,(H,17,21)/t11-/m0/s1. The van der Waals surface area contributed by atoms with E-state index in [1.54, 1.807) is 21.1 Å². The number of amides is 3. The number of carbonyl (C=O) groups is 2. The van der Waals surface area contributed by atoms with Gasteiger partial charge in [0.1, 0.15) is 0 Å². The van der Waals surface area contributed by atoms with E-state index in [0.29, 0.717) is 31.1 Å². The summed E-state index contributed by atoms with van der Waals surface area (Å²) in [4.78, 5) is 27.1. The van der Waals surface area contributed by atoms with Gasteiger partial charge in [-0.05, 0) is 31.7 Å². The normalized spacial score (nSPS) is 15.5. The third-order valence-electron chi connectivity index (χ3n) is 4.02. The minimum Gasteiger partial charge on any atom is -0.493 e. The fourth-order valence-electron chi connectivity index (χ4n) is 2.50. The predicted octanol–water partition coefficient (Wildman–Crippen LogP) is 1.08. The SMILES string of the molecule is COc1ccc(CN(C)[C@@H](C)C(=O)N2CCNC2=O)cc1OC. The molecule has 7 heteroatoms. The molecule has 0 saturated carbocycles. The maximum atomic E-state index is 12.4. The second-order valence-corrected chi connectivity index (χ2v) is 5.50. The van der Waals surface area contributed by atoms with E-state index in [1.807, 2.05) is 30.1 Å². The molecule has 1 aliphatic rings. The Bertz CT molecular complexity index is 591. The fraction of sp³-hybridized carbons (Fsp3) is 0.500. The molecule has 0 radical (unpaired) electrons. The van der Waals surface area contributed by atoms with Crippen molar-refractivity contribution in [1.82, 2.24) is 15.1 Å². The van der Waals surface area contributed by atoms with Gasteiger partial charge < -0.3 is 14.8 Å². The molecule has 1 fully saturated rings. The van der Waals surface area contributed by atoms with Crippen molar-refractivity contribution in [1.29, 1.82) is 0 Å². The molecule has 0 bridgehead atoms. The molecule has 0 aromatic heterocycles. The van der Waals surface area contributed by atoms with Crippen LogP contribution in [0.5, 0.6) is 11.5 Å². The van der Waals surface area contributed by atoms with Gasteiger partial charge in [0.15, 0.2) is 11.5 Å². The molecule has 7 nitrogen and oxygen atoms in total. The Morgan fingerprint density at radius 1 is 1.35 bits per heavy atom. The summed E-state index contributed by atoms with van der Waals surface area (Å²) in [6.45, 7) is 3.29. The maximum absolute atomic E-state index is 12.4. The number of nitrogens with one attached hydrogen (secondary N) is 1. The lowest BCUT2D eigenvalue weighted by Gasteiger charge is -2.26. The number of benzene rings is 1. The van der Waals surface area contributed by atoms with Crippen LogP contribution in [0.1, 0.15) is 12.5 Å². The highest BCUT2D eigenvalue weighted by atomic mass is 16.5. The number of hydrogen-bond acceptors (Lipinski definition) is 5. The first-order valence-corrected chi connectivity index (χ1v) is 7.48. The van der Waals surface area contributed by atoms with Crippen molar-refractivity contribution in [3.05, 3.63) is 23.8 Å². The monoisotopic (exact) mass is 321 g/mol. The van der Waals surface area contributed by atoms with Crippen LogP contribution in [0.25, 0.3) is 0 Å². The summed E-state index contributed by atoms with van der Waals surface area (Å²) in [7, 11) is 5.03. The number of urea groups is 1. The van der Waals surface area contributed by atoms with Gasteiger partial charge in [-0.25, -0.2) is 4.79 Å². The molecule has 1 aromatic rings. The van der Waals surface area contributed by atoms with Crippen molar-refractivity contribution in [3.8, 4) is 11.5 Å². The first-order valence-electron chi connectivity index (χ1n) is 7.48.